The van der Waals surface area contributed by atoms with E-state index in [0.717, 1.165) is 12.8 Å². The van der Waals surface area contributed by atoms with Gasteiger partial charge in [-0.1, -0.05) is 0 Å². The van der Waals surface area contributed by atoms with Gasteiger partial charge >= 0.3 is 0 Å². The Morgan fingerprint density at radius 1 is 1.17 bits per heavy atom. The molecule has 1 saturated heterocycles. The van der Waals surface area contributed by atoms with Crippen molar-refractivity contribution in [2.24, 2.45) is 17.1 Å². The fraction of sp³-hybridized carbons (Fsp3) is 0.588. The Hall–Kier alpha value is -2.11. The Bertz CT molecular complexity index is 640. The highest BCUT2D eigenvalue weighted by molar-refractivity contribution is 5.97. The van der Waals surface area contributed by atoms with E-state index in [9.17, 15) is 9.59 Å². The number of anilines is 1. The third-order valence-electron chi connectivity index (χ3n) is 5.61. The summed E-state index contributed by atoms with van der Waals surface area (Å²) < 4.78 is 0. The lowest BCUT2D eigenvalue weighted by molar-refractivity contribution is -0.141. The molecule has 1 aromatic heterocycles. The van der Waals surface area contributed by atoms with Crippen LogP contribution >= 0.6 is 0 Å². The molecule has 0 atom stereocenters. The number of rotatable bonds is 3. The summed E-state index contributed by atoms with van der Waals surface area (Å²) in [6.45, 7) is 2.77. The van der Waals surface area contributed by atoms with Crippen molar-refractivity contribution in [3.05, 3.63) is 23.9 Å². The quantitative estimate of drug-likeness (QED) is 0.903. The molecule has 0 unspecified atom stereocenters. The SMILES string of the molecule is NC(=O)c1cccnc1N1CCN(C(=O)C2CC3(CC3)C2)CC1. The van der Waals surface area contributed by atoms with Crippen molar-refractivity contribution in [3.63, 3.8) is 0 Å². The van der Waals surface area contributed by atoms with E-state index in [1.807, 2.05) is 9.80 Å². The van der Waals surface area contributed by atoms with Crippen LogP contribution in [0.4, 0.5) is 5.82 Å². The van der Waals surface area contributed by atoms with Crippen LogP contribution in [0.5, 0.6) is 0 Å². The molecule has 3 fully saturated rings. The normalized spacial score (nSPS) is 22.8. The third-order valence-corrected chi connectivity index (χ3v) is 5.61. The number of carbonyl (C=O) groups excluding carboxylic acids is 2. The van der Waals surface area contributed by atoms with E-state index >= 15 is 0 Å². The summed E-state index contributed by atoms with van der Waals surface area (Å²) in [5.74, 6) is 0.738. The maximum atomic E-state index is 12.5. The van der Waals surface area contributed by atoms with Gasteiger partial charge in [0.2, 0.25) is 5.91 Å². The van der Waals surface area contributed by atoms with E-state index in [1.165, 1.54) is 12.8 Å². The summed E-state index contributed by atoms with van der Waals surface area (Å²) in [6.07, 6.45) is 6.50. The Labute approximate surface area is 135 Å². The maximum Gasteiger partial charge on any atom is 0.252 e. The lowest BCUT2D eigenvalue weighted by Gasteiger charge is -2.41. The number of primary amides is 1. The summed E-state index contributed by atoms with van der Waals surface area (Å²) in [5.41, 5.74) is 6.43. The average Bonchev–Trinajstić information content (AvgIpc) is 3.34. The van der Waals surface area contributed by atoms with Crippen molar-refractivity contribution in [1.29, 1.82) is 0 Å². The van der Waals surface area contributed by atoms with Crippen molar-refractivity contribution >= 4 is 17.6 Å². The Morgan fingerprint density at radius 3 is 2.48 bits per heavy atom. The zero-order valence-electron chi connectivity index (χ0n) is 13.2. The molecular weight excluding hydrogens is 292 g/mol. The van der Waals surface area contributed by atoms with Crippen molar-refractivity contribution in [1.82, 2.24) is 9.88 Å². The van der Waals surface area contributed by atoms with Crippen LogP contribution < -0.4 is 10.6 Å². The van der Waals surface area contributed by atoms with Gasteiger partial charge < -0.3 is 15.5 Å². The minimum Gasteiger partial charge on any atom is -0.365 e. The highest BCUT2D eigenvalue weighted by Crippen LogP contribution is 2.63. The van der Waals surface area contributed by atoms with Crippen LogP contribution in [-0.2, 0) is 4.79 Å². The Balaban J connectivity index is 1.37. The molecule has 6 nitrogen and oxygen atoms in total. The Kier molecular flexibility index (Phi) is 3.28. The van der Waals surface area contributed by atoms with Crippen molar-refractivity contribution in [2.45, 2.75) is 25.7 Å². The average molecular weight is 314 g/mol. The smallest absolute Gasteiger partial charge is 0.252 e. The number of nitrogens with two attached hydrogens (primary N) is 1. The van der Waals surface area contributed by atoms with Crippen LogP contribution in [0.15, 0.2) is 18.3 Å². The van der Waals surface area contributed by atoms with Crippen molar-refractivity contribution in [2.75, 3.05) is 31.1 Å². The number of amides is 2. The van der Waals surface area contributed by atoms with Gasteiger partial charge in [-0.15, -0.1) is 0 Å². The van der Waals surface area contributed by atoms with E-state index in [2.05, 4.69) is 4.98 Å². The van der Waals surface area contributed by atoms with Gasteiger partial charge in [-0.2, -0.15) is 0 Å². The van der Waals surface area contributed by atoms with Gasteiger partial charge in [0.05, 0.1) is 5.56 Å². The fourth-order valence-electron chi connectivity index (χ4n) is 3.98. The molecule has 1 aliphatic heterocycles. The van der Waals surface area contributed by atoms with E-state index in [4.69, 9.17) is 5.73 Å². The number of carbonyl (C=O) groups is 2. The molecular formula is C17H22N4O2. The summed E-state index contributed by atoms with van der Waals surface area (Å²) >= 11 is 0. The van der Waals surface area contributed by atoms with Crippen LogP contribution in [0.2, 0.25) is 0 Å². The summed E-state index contributed by atoms with van der Waals surface area (Å²) in [5, 5.41) is 0. The standard InChI is InChI=1S/C17H22N4O2/c18-14(22)13-2-1-5-19-15(13)20-6-8-21(9-7-20)16(23)12-10-17(11-12)3-4-17/h1-2,5,12H,3-4,6-11H2,(H2,18,22). The fourth-order valence-corrected chi connectivity index (χ4v) is 3.98. The predicted molar refractivity (Wildman–Crippen MR) is 85.9 cm³/mol. The molecule has 4 rings (SSSR count). The predicted octanol–water partition coefficient (Wildman–Crippen LogP) is 1.02. The van der Waals surface area contributed by atoms with E-state index in [1.54, 1.807) is 18.3 Å². The molecule has 23 heavy (non-hydrogen) atoms. The molecule has 2 amide bonds. The lowest BCUT2D eigenvalue weighted by atomic mass is 9.71. The van der Waals surface area contributed by atoms with Crippen LogP contribution in [-0.4, -0.2) is 47.9 Å². The lowest BCUT2D eigenvalue weighted by Crippen LogP contribution is -2.52. The monoisotopic (exact) mass is 314 g/mol. The zero-order valence-corrected chi connectivity index (χ0v) is 13.2. The summed E-state index contributed by atoms with van der Waals surface area (Å²) in [4.78, 5) is 32.4. The molecule has 6 heteroatoms. The van der Waals surface area contributed by atoms with E-state index < -0.39 is 5.91 Å². The van der Waals surface area contributed by atoms with Crippen molar-refractivity contribution in [3.8, 4) is 0 Å². The molecule has 2 N–H and O–H groups in total. The first-order chi connectivity index (χ1) is 11.1. The number of nitrogens with zero attached hydrogens (tertiary/aromatic N) is 3. The van der Waals surface area contributed by atoms with Gasteiger partial charge in [-0.3, -0.25) is 9.59 Å². The van der Waals surface area contributed by atoms with Crippen LogP contribution in [0.1, 0.15) is 36.0 Å². The molecule has 2 aliphatic carbocycles. The number of hydrogen-bond acceptors (Lipinski definition) is 4. The zero-order chi connectivity index (χ0) is 16.0. The number of pyridine rings is 1. The minimum atomic E-state index is -0.462. The summed E-state index contributed by atoms with van der Waals surface area (Å²) in [7, 11) is 0. The van der Waals surface area contributed by atoms with E-state index in [0.29, 0.717) is 48.9 Å². The van der Waals surface area contributed by atoms with Gasteiger partial charge in [-0.25, -0.2) is 4.98 Å². The van der Waals surface area contributed by atoms with E-state index in [-0.39, 0.29) is 5.92 Å². The molecule has 0 aromatic carbocycles. The minimum absolute atomic E-state index is 0.250. The van der Waals surface area contributed by atoms with Gasteiger partial charge in [-0.05, 0) is 43.2 Å². The highest BCUT2D eigenvalue weighted by atomic mass is 16.2. The topological polar surface area (TPSA) is 79.5 Å². The molecule has 0 radical (unpaired) electrons. The second-order valence-electron chi connectivity index (χ2n) is 7.16. The second-order valence-corrected chi connectivity index (χ2v) is 7.16. The molecule has 1 aromatic rings. The Morgan fingerprint density at radius 2 is 1.87 bits per heavy atom. The number of hydrogen-bond donors (Lipinski definition) is 1. The van der Waals surface area contributed by atoms with Crippen LogP contribution in [0, 0.1) is 11.3 Å². The third kappa shape index (κ3) is 2.56. The van der Waals surface area contributed by atoms with Crippen molar-refractivity contribution < 1.29 is 9.59 Å². The number of piperazine rings is 1. The van der Waals surface area contributed by atoms with Gasteiger partial charge in [0, 0.05) is 38.3 Å². The largest absolute Gasteiger partial charge is 0.365 e. The summed E-state index contributed by atoms with van der Waals surface area (Å²) in [6, 6.07) is 3.42. The molecule has 0 bridgehead atoms. The maximum absolute atomic E-state index is 12.5. The van der Waals surface area contributed by atoms with Gasteiger partial charge in [0.1, 0.15) is 5.82 Å². The van der Waals surface area contributed by atoms with Gasteiger partial charge in [0.25, 0.3) is 5.91 Å². The van der Waals surface area contributed by atoms with Crippen LogP contribution in [0.3, 0.4) is 0 Å². The first-order valence-electron chi connectivity index (χ1n) is 8.37. The molecule has 2 saturated carbocycles. The second kappa shape index (κ2) is 5.22. The first-order valence-corrected chi connectivity index (χ1v) is 8.37. The van der Waals surface area contributed by atoms with Crippen LogP contribution in [0.25, 0.3) is 0 Å². The van der Waals surface area contributed by atoms with Gasteiger partial charge in [0.15, 0.2) is 0 Å². The number of aromatic nitrogens is 1. The molecule has 2 heterocycles. The highest BCUT2D eigenvalue weighted by Gasteiger charge is 2.55. The molecule has 1 spiro atoms. The molecule has 3 aliphatic rings. The molecule has 122 valence electrons. The first kappa shape index (κ1) is 14.5.